The average Bonchev–Trinajstić information content (AvgIpc) is 2.39. The molecular weight excluding hydrogens is 220 g/mol. The van der Waals surface area contributed by atoms with E-state index in [2.05, 4.69) is 31.1 Å². The molecule has 1 aliphatic carbocycles. The molecule has 0 aromatic rings. The summed E-state index contributed by atoms with van der Waals surface area (Å²) in [5.41, 5.74) is 0. The Morgan fingerprint density at radius 2 is 1.94 bits per heavy atom. The maximum absolute atomic E-state index is 3.94. The second-order valence-electron chi connectivity index (χ2n) is 6.67. The number of nitrogens with zero attached hydrogens (tertiary/aromatic N) is 1. The van der Waals surface area contributed by atoms with Crippen molar-refractivity contribution in [2.45, 2.75) is 83.3 Å². The zero-order valence-corrected chi connectivity index (χ0v) is 12.6. The summed E-state index contributed by atoms with van der Waals surface area (Å²) in [4.78, 5) is 2.56. The number of hydrogen-bond donors (Lipinski definition) is 1. The van der Waals surface area contributed by atoms with E-state index < -0.39 is 0 Å². The van der Waals surface area contributed by atoms with E-state index in [-0.39, 0.29) is 0 Å². The molecular formula is C16H32N2. The van der Waals surface area contributed by atoms with Crippen LogP contribution in [-0.2, 0) is 0 Å². The molecule has 106 valence electrons. The Kier molecular flexibility index (Phi) is 5.50. The highest BCUT2D eigenvalue weighted by atomic mass is 15.2. The summed E-state index contributed by atoms with van der Waals surface area (Å²) in [6, 6.07) is 2.32. The molecule has 0 radical (unpaired) electrons. The normalized spacial score (nSPS) is 34.3. The summed E-state index contributed by atoms with van der Waals surface area (Å²) < 4.78 is 0. The minimum absolute atomic E-state index is 0.737. The van der Waals surface area contributed by atoms with Gasteiger partial charge in [0.25, 0.3) is 0 Å². The third-order valence-electron chi connectivity index (χ3n) is 5.21. The fourth-order valence-corrected chi connectivity index (χ4v) is 3.88. The second kappa shape index (κ2) is 6.91. The van der Waals surface area contributed by atoms with Crippen molar-refractivity contribution in [2.24, 2.45) is 5.92 Å². The highest BCUT2D eigenvalue weighted by Gasteiger charge is 2.32. The van der Waals surface area contributed by atoms with Crippen molar-refractivity contribution in [1.82, 2.24) is 10.2 Å². The fraction of sp³-hybridized carbons (Fsp3) is 1.00. The van der Waals surface area contributed by atoms with E-state index in [0.29, 0.717) is 0 Å². The van der Waals surface area contributed by atoms with Crippen molar-refractivity contribution in [2.75, 3.05) is 13.6 Å². The number of nitrogens with one attached hydrogen (secondary N) is 1. The first-order valence-corrected chi connectivity index (χ1v) is 8.17. The SMILES string of the molecule is CCCC(C)N(C)CC1CCC2CCCCC2N1. The molecule has 0 aromatic heterocycles. The number of hydrogen-bond acceptors (Lipinski definition) is 2. The van der Waals surface area contributed by atoms with Crippen LogP contribution in [0.15, 0.2) is 0 Å². The molecule has 2 aliphatic rings. The second-order valence-corrected chi connectivity index (χ2v) is 6.67. The maximum atomic E-state index is 3.94. The summed E-state index contributed by atoms with van der Waals surface area (Å²) >= 11 is 0. The zero-order chi connectivity index (χ0) is 13.0. The Labute approximate surface area is 114 Å². The van der Waals surface area contributed by atoms with Gasteiger partial charge in [0.2, 0.25) is 0 Å². The molecule has 18 heavy (non-hydrogen) atoms. The van der Waals surface area contributed by atoms with Gasteiger partial charge in [-0.05, 0) is 52.0 Å². The van der Waals surface area contributed by atoms with Crippen LogP contribution in [0.1, 0.15) is 65.2 Å². The number of piperidine rings is 1. The molecule has 0 amide bonds. The van der Waals surface area contributed by atoms with Gasteiger partial charge >= 0.3 is 0 Å². The van der Waals surface area contributed by atoms with Crippen LogP contribution in [0.4, 0.5) is 0 Å². The minimum Gasteiger partial charge on any atom is -0.310 e. The van der Waals surface area contributed by atoms with Crippen LogP contribution < -0.4 is 5.32 Å². The molecule has 1 aliphatic heterocycles. The highest BCUT2D eigenvalue weighted by molar-refractivity contribution is 4.90. The van der Waals surface area contributed by atoms with Crippen LogP contribution in [0.3, 0.4) is 0 Å². The van der Waals surface area contributed by atoms with E-state index in [9.17, 15) is 0 Å². The van der Waals surface area contributed by atoms with Gasteiger partial charge in [-0.3, -0.25) is 0 Å². The predicted molar refractivity (Wildman–Crippen MR) is 78.9 cm³/mol. The molecule has 0 bridgehead atoms. The first-order valence-electron chi connectivity index (χ1n) is 8.17. The number of likely N-dealkylation sites (N-methyl/N-ethyl adjacent to an activating group) is 1. The lowest BCUT2D eigenvalue weighted by Crippen LogP contribution is -2.53. The molecule has 2 heteroatoms. The zero-order valence-electron chi connectivity index (χ0n) is 12.6. The monoisotopic (exact) mass is 252 g/mol. The number of fused-ring (bicyclic) bond motifs is 1. The molecule has 0 spiro atoms. The van der Waals surface area contributed by atoms with Gasteiger partial charge in [0.05, 0.1) is 0 Å². The molecule has 1 saturated carbocycles. The van der Waals surface area contributed by atoms with E-state index >= 15 is 0 Å². The third-order valence-corrected chi connectivity index (χ3v) is 5.21. The molecule has 1 heterocycles. The van der Waals surface area contributed by atoms with E-state index in [4.69, 9.17) is 0 Å². The standard InChI is InChI=1S/C16H32N2/c1-4-7-13(2)18(3)12-15-11-10-14-8-5-6-9-16(14)17-15/h13-17H,4-12H2,1-3H3. The van der Waals surface area contributed by atoms with Gasteiger partial charge < -0.3 is 10.2 Å². The Morgan fingerprint density at radius 1 is 1.17 bits per heavy atom. The molecule has 4 atom stereocenters. The Bertz CT molecular complexity index is 241. The summed E-state index contributed by atoms with van der Waals surface area (Å²) in [6.45, 7) is 5.90. The molecule has 0 aromatic carbocycles. The smallest absolute Gasteiger partial charge is 0.0197 e. The van der Waals surface area contributed by atoms with Crippen LogP contribution in [0.5, 0.6) is 0 Å². The van der Waals surface area contributed by atoms with Crippen LogP contribution in [0, 0.1) is 5.92 Å². The fourth-order valence-electron chi connectivity index (χ4n) is 3.88. The largest absolute Gasteiger partial charge is 0.310 e. The van der Waals surface area contributed by atoms with Crippen molar-refractivity contribution < 1.29 is 0 Å². The summed E-state index contributed by atoms with van der Waals surface area (Å²) in [5, 5.41) is 3.94. The Morgan fingerprint density at radius 3 is 2.72 bits per heavy atom. The summed E-state index contributed by atoms with van der Waals surface area (Å²) in [6.07, 6.45) is 11.3. The third kappa shape index (κ3) is 3.71. The van der Waals surface area contributed by atoms with Crippen molar-refractivity contribution in [3.63, 3.8) is 0 Å². The van der Waals surface area contributed by atoms with Crippen molar-refractivity contribution in [1.29, 1.82) is 0 Å². The highest BCUT2D eigenvalue weighted by Crippen LogP contribution is 2.32. The topological polar surface area (TPSA) is 15.3 Å². The van der Waals surface area contributed by atoms with Gasteiger partial charge in [0.1, 0.15) is 0 Å². The quantitative estimate of drug-likeness (QED) is 0.806. The van der Waals surface area contributed by atoms with Crippen LogP contribution in [0.25, 0.3) is 0 Å². The van der Waals surface area contributed by atoms with Gasteiger partial charge in [-0.2, -0.15) is 0 Å². The van der Waals surface area contributed by atoms with E-state index in [1.807, 2.05) is 0 Å². The van der Waals surface area contributed by atoms with E-state index in [1.54, 1.807) is 0 Å². The van der Waals surface area contributed by atoms with Gasteiger partial charge in [0, 0.05) is 24.7 Å². The van der Waals surface area contributed by atoms with Crippen LogP contribution in [-0.4, -0.2) is 36.6 Å². The minimum atomic E-state index is 0.737. The summed E-state index contributed by atoms with van der Waals surface area (Å²) in [7, 11) is 2.30. The molecule has 1 N–H and O–H groups in total. The van der Waals surface area contributed by atoms with Crippen molar-refractivity contribution in [3.05, 3.63) is 0 Å². The van der Waals surface area contributed by atoms with Crippen LogP contribution >= 0.6 is 0 Å². The Balaban J connectivity index is 1.76. The first-order chi connectivity index (χ1) is 8.70. The van der Waals surface area contributed by atoms with Crippen molar-refractivity contribution >= 4 is 0 Å². The molecule has 2 fully saturated rings. The maximum Gasteiger partial charge on any atom is 0.0197 e. The molecule has 2 rings (SSSR count). The first kappa shape index (κ1) is 14.3. The average molecular weight is 252 g/mol. The van der Waals surface area contributed by atoms with Gasteiger partial charge in [-0.15, -0.1) is 0 Å². The van der Waals surface area contributed by atoms with Crippen molar-refractivity contribution in [3.8, 4) is 0 Å². The lowest BCUT2D eigenvalue weighted by atomic mass is 9.77. The van der Waals surface area contributed by atoms with Gasteiger partial charge in [-0.25, -0.2) is 0 Å². The van der Waals surface area contributed by atoms with E-state index in [0.717, 1.165) is 24.0 Å². The summed E-state index contributed by atoms with van der Waals surface area (Å²) in [5.74, 6) is 0.994. The molecule has 2 nitrogen and oxygen atoms in total. The molecule has 1 saturated heterocycles. The molecule has 4 unspecified atom stereocenters. The van der Waals surface area contributed by atoms with Gasteiger partial charge in [-0.1, -0.05) is 26.2 Å². The lowest BCUT2D eigenvalue weighted by Gasteiger charge is -2.42. The number of rotatable bonds is 5. The lowest BCUT2D eigenvalue weighted by molar-refractivity contribution is 0.138. The van der Waals surface area contributed by atoms with Gasteiger partial charge in [0.15, 0.2) is 0 Å². The Hall–Kier alpha value is -0.0800. The predicted octanol–water partition coefficient (Wildman–Crippen LogP) is 3.42. The van der Waals surface area contributed by atoms with E-state index in [1.165, 1.54) is 57.9 Å². The van der Waals surface area contributed by atoms with Crippen LogP contribution in [0.2, 0.25) is 0 Å².